The summed E-state index contributed by atoms with van der Waals surface area (Å²) in [4.78, 5) is 78.7. The predicted octanol–water partition coefficient (Wildman–Crippen LogP) is 9.97. The van der Waals surface area contributed by atoms with Crippen LogP contribution in [0.1, 0.15) is 129 Å². The highest BCUT2D eigenvalue weighted by atomic mass is 16.7. The van der Waals surface area contributed by atoms with Crippen LogP contribution in [0.2, 0.25) is 0 Å². The maximum Gasteiger partial charge on any atom is 0.410 e. The van der Waals surface area contributed by atoms with Crippen LogP contribution in [-0.4, -0.2) is 141 Å². The van der Waals surface area contributed by atoms with Crippen molar-refractivity contribution >= 4 is 35.4 Å². The fraction of sp³-hybridized carbons (Fsp3) is 0.623. The number of rotatable bonds is 29. The zero-order valence-electron chi connectivity index (χ0n) is 49.5. The lowest BCUT2D eigenvalue weighted by Gasteiger charge is -2.41. The minimum Gasteiger partial charge on any atom is -0.445 e. The molecule has 2 heterocycles. The van der Waals surface area contributed by atoms with Crippen molar-refractivity contribution in [3.8, 4) is 0 Å². The Balaban J connectivity index is 1.23. The number of nitrogens with zero attached hydrogens (tertiary/aromatic N) is 6. The van der Waals surface area contributed by atoms with E-state index in [1.165, 1.54) is 24.6 Å². The Bertz CT molecular complexity index is 2480. The van der Waals surface area contributed by atoms with Crippen LogP contribution in [0.4, 0.5) is 10.5 Å². The number of ether oxygens (including phenoxy) is 6. The molecule has 0 bridgehead atoms. The van der Waals surface area contributed by atoms with Crippen molar-refractivity contribution in [1.82, 2.24) is 25.3 Å². The first-order valence-corrected chi connectivity index (χ1v) is 28.5. The van der Waals surface area contributed by atoms with Crippen molar-refractivity contribution in [3.05, 3.63) is 112 Å². The van der Waals surface area contributed by atoms with E-state index in [9.17, 15) is 24.0 Å². The van der Waals surface area contributed by atoms with Crippen LogP contribution in [0.5, 0.6) is 0 Å². The second-order valence-corrected chi connectivity index (χ2v) is 22.4. The molecule has 2 fully saturated rings. The molecule has 80 heavy (non-hydrogen) atoms. The summed E-state index contributed by atoms with van der Waals surface area (Å²) in [5.74, 6) is -2.82. The van der Waals surface area contributed by atoms with Gasteiger partial charge in [0.1, 0.15) is 24.8 Å². The summed E-state index contributed by atoms with van der Waals surface area (Å²) in [6.07, 6.45) is 1.16. The second-order valence-electron chi connectivity index (χ2n) is 22.4. The van der Waals surface area contributed by atoms with Gasteiger partial charge in [-0.05, 0) is 85.9 Å². The number of likely N-dealkylation sites (N-methyl/N-ethyl adjacent to an activating group) is 2. The lowest BCUT2D eigenvalue weighted by atomic mass is 9.89. The van der Waals surface area contributed by atoms with Crippen molar-refractivity contribution < 1.29 is 52.4 Å². The third-order valence-corrected chi connectivity index (χ3v) is 15.8. The van der Waals surface area contributed by atoms with E-state index < -0.39 is 72.7 Å². The van der Waals surface area contributed by atoms with Crippen LogP contribution in [0.15, 0.2) is 84.0 Å². The molecule has 3 aromatic carbocycles. The van der Waals surface area contributed by atoms with Crippen LogP contribution in [0, 0.1) is 30.6 Å². The molecule has 440 valence electrons. The number of azide groups is 1. The number of hydrogen-bond acceptors (Lipinski definition) is 12. The molecule has 0 saturated carbocycles. The van der Waals surface area contributed by atoms with Crippen LogP contribution in [0.3, 0.4) is 0 Å². The summed E-state index contributed by atoms with van der Waals surface area (Å²) in [5, 5.41) is 9.76. The third-order valence-electron chi connectivity index (χ3n) is 15.8. The van der Waals surface area contributed by atoms with Gasteiger partial charge in [0, 0.05) is 45.5 Å². The molecule has 3 aromatic rings. The summed E-state index contributed by atoms with van der Waals surface area (Å²) >= 11 is 0. The molecule has 5 amide bonds. The average Bonchev–Trinajstić information content (AvgIpc) is 3.95. The van der Waals surface area contributed by atoms with Crippen molar-refractivity contribution in [3.63, 3.8) is 0 Å². The molecule has 19 heteroatoms. The van der Waals surface area contributed by atoms with Gasteiger partial charge in [-0.3, -0.25) is 24.1 Å². The molecule has 0 spiro atoms. The number of carbonyl (C=O) groups excluding carboxylic acids is 5. The lowest BCUT2D eigenvalue weighted by Crippen LogP contribution is -2.60. The zero-order valence-corrected chi connectivity index (χ0v) is 49.5. The van der Waals surface area contributed by atoms with Crippen LogP contribution in [-0.2, 0) is 60.8 Å². The molecule has 2 aliphatic rings. The SMILES string of the molecule is CC[C@H](C)[C@@H](C(CC(=O)N1CCC[C@H]1[C@H](OC)[C@@H](C)C(=O)N[C@H](C)[C@@H](OC1CCCC(COCc2ccc(C)cc2)O1)c1ccccc1)OC)N(C)C(=O)[C@@H](NC(=O)[C@H](C(C)C)N(C)C(=O)OCc1ccc(N=[N+]=[N-])cc1)C(C)C. The second kappa shape index (κ2) is 31.8. The van der Waals surface area contributed by atoms with Gasteiger partial charge in [0.25, 0.3) is 0 Å². The highest BCUT2D eigenvalue weighted by molar-refractivity contribution is 5.92. The summed E-state index contributed by atoms with van der Waals surface area (Å²) in [7, 11) is 6.27. The maximum absolute atomic E-state index is 14.7. The molecular formula is C61H90N8O11. The van der Waals surface area contributed by atoms with Gasteiger partial charge in [-0.1, -0.05) is 144 Å². The monoisotopic (exact) mass is 1110 g/mol. The van der Waals surface area contributed by atoms with E-state index in [2.05, 4.69) is 51.8 Å². The van der Waals surface area contributed by atoms with Crippen molar-refractivity contribution in [2.45, 2.75) is 181 Å². The molecule has 19 nitrogen and oxygen atoms in total. The van der Waals surface area contributed by atoms with E-state index >= 15 is 0 Å². The minimum atomic E-state index is -0.990. The van der Waals surface area contributed by atoms with E-state index in [0.29, 0.717) is 56.7 Å². The zero-order chi connectivity index (χ0) is 58.6. The maximum atomic E-state index is 14.7. The van der Waals surface area contributed by atoms with Crippen molar-refractivity contribution in [2.24, 2.45) is 28.8 Å². The van der Waals surface area contributed by atoms with Gasteiger partial charge in [-0.2, -0.15) is 0 Å². The van der Waals surface area contributed by atoms with Crippen molar-refractivity contribution in [2.75, 3.05) is 41.5 Å². The Hall–Kier alpha value is -6.08. The Kier molecular flexibility index (Phi) is 25.7. The molecule has 2 aliphatic heterocycles. The first-order chi connectivity index (χ1) is 38.2. The van der Waals surface area contributed by atoms with Gasteiger partial charge in [0.15, 0.2) is 6.29 Å². The number of methoxy groups -OCH3 is 2. The Labute approximate surface area is 474 Å². The first-order valence-electron chi connectivity index (χ1n) is 28.5. The lowest BCUT2D eigenvalue weighted by molar-refractivity contribution is -0.229. The molecule has 5 rings (SSSR count). The van der Waals surface area contributed by atoms with Crippen LogP contribution >= 0.6 is 0 Å². The quantitative estimate of drug-likeness (QED) is 0.0378. The number of amides is 5. The van der Waals surface area contributed by atoms with Gasteiger partial charge < -0.3 is 48.9 Å². The number of benzene rings is 3. The molecule has 0 radical (unpaired) electrons. The van der Waals surface area contributed by atoms with Gasteiger partial charge in [0.2, 0.25) is 23.6 Å². The van der Waals surface area contributed by atoms with E-state index in [4.69, 9.17) is 34.0 Å². The van der Waals surface area contributed by atoms with Gasteiger partial charge in [-0.15, -0.1) is 0 Å². The number of hydrogen-bond donors (Lipinski definition) is 2. The molecule has 12 atom stereocenters. The molecule has 0 aliphatic carbocycles. The smallest absolute Gasteiger partial charge is 0.410 e. The van der Waals surface area contributed by atoms with Crippen molar-refractivity contribution in [1.29, 1.82) is 0 Å². The number of carbonyl (C=O) groups is 5. The van der Waals surface area contributed by atoms with E-state index in [-0.39, 0.29) is 54.6 Å². The number of nitrogens with one attached hydrogen (secondary N) is 2. The summed E-state index contributed by atoms with van der Waals surface area (Å²) < 4.78 is 37.1. The number of aryl methyl sites for hydroxylation is 1. The largest absolute Gasteiger partial charge is 0.445 e. The van der Waals surface area contributed by atoms with Gasteiger partial charge >= 0.3 is 6.09 Å². The van der Waals surface area contributed by atoms with Gasteiger partial charge in [0.05, 0.1) is 62.0 Å². The topological polar surface area (TPSA) is 223 Å². The summed E-state index contributed by atoms with van der Waals surface area (Å²) in [6, 6.07) is 21.2. The van der Waals surface area contributed by atoms with Gasteiger partial charge in [-0.25, -0.2) is 4.79 Å². The number of likely N-dealkylation sites (tertiary alicyclic amines) is 1. The molecule has 3 unspecified atom stereocenters. The summed E-state index contributed by atoms with van der Waals surface area (Å²) in [5.41, 5.74) is 13.0. The fourth-order valence-corrected chi connectivity index (χ4v) is 11.1. The minimum absolute atomic E-state index is 0.0499. The van der Waals surface area contributed by atoms with Crippen LogP contribution < -0.4 is 10.6 Å². The fourth-order valence-electron chi connectivity index (χ4n) is 11.1. The molecule has 2 N–H and O–H groups in total. The van der Waals surface area contributed by atoms with E-state index in [1.807, 2.05) is 85.7 Å². The molecule has 0 aromatic heterocycles. The average molecular weight is 1110 g/mol. The molecular weight excluding hydrogens is 1020 g/mol. The van der Waals surface area contributed by atoms with E-state index in [0.717, 1.165) is 24.0 Å². The Morgan fingerprint density at radius 1 is 0.800 bits per heavy atom. The normalized spacial score (nSPS) is 19.8. The highest BCUT2D eigenvalue weighted by Gasteiger charge is 2.44. The Morgan fingerprint density at radius 3 is 2.08 bits per heavy atom. The van der Waals surface area contributed by atoms with Crippen LogP contribution in [0.25, 0.3) is 10.4 Å². The summed E-state index contributed by atoms with van der Waals surface area (Å²) in [6.45, 7) is 18.5. The first kappa shape index (κ1) is 64.7. The highest BCUT2D eigenvalue weighted by Crippen LogP contribution is 2.32. The molecule has 2 saturated heterocycles. The van der Waals surface area contributed by atoms with E-state index in [1.54, 1.807) is 48.2 Å². The Morgan fingerprint density at radius 2 is 1.46 bits per heavy atom. The predicted molar refractivity (Wildman–Crippen MR) is 306 cm³/mol. The third kappa shape index (κ3) is 18.0. The standard InChI is InChI=1S/C61H90N8O11/c1-14-41(7)55(67(10)60(73)53(38(2)3)64-59(72)54(39(4)5)68(11)61(74)78-36-45-29-31-47(32-30-45)65-66-62)50(75-12)34-51(70)69-33-19-23-49(69)56(76-13)42(8)58(71)63-43(9)57(46-20-16-15-17-21-46)80-52-24-18-22-48(79-52)37-77-35-44-27-25-40(6)26-28-44/h15-17,20-21,25-32,38-39,41-43,48-50,52-57H,14,18-19,22-24,33-37H2,1-13H3,(H,63,71)(H,64,72)/t41-,42+,43+,48?,49-,50?,52?,53-,54-,55-,56+,57+/m0/s1.